The van der Waals surface area contributed by atoms with Gasteiger partial charge in [0.1, 0.15) is 0 Å². The fourth-order valence-electron chi connectivity index (χ4n) is 2.07. The average molecular weight is 283 g/mol. The van der Waals surface area contributed by atoms with Crippen LogP contribution < -0.4 is 11.3 Å². The van der Waals surface area contributed by atoms with Crippen molar-refractivity contribution in [2.24, 2.45) is 17.2 Å². The van der Waals surface area contributed by atoms with Gasteiger partial charge >= 0.3 is 0 Å². The molecule has 0 bridgehead atoms. The lowest BCUT2D eigenvalue weighted by atomic mass is 9.78. The van der Waals surface area contributed by atoms with Crippen molar-refractivity contribution in [2.75, 3.05) is 0 Å². The van der Waals surface area contributed by atoms with Gasteiger partial charge in [0.25, 0.3) is 0 Å². The highest BCUT2D eigenvalue weighted by Crippen LogP contribution is 2.30. The lowest BCUT2D eigenvalue weighted by Gasteiger charge is -2.30. The molecule has 3 heteroatoms. The summed E-state index contributed by atoms with van der Waals surface area (Å²) in [5, 5.41) is 0.837. The number of nitrogens with two attached hydrogens (primary N) is 1. The monoisotopic (exact) mass is 282 g/mol. The predicted molar refractivity (Wildman–Crippen MR) is 84.2 cm³/mol. The van der Waals surface area contributed by atoms with E-state index in [4.69, 9.17) is 17.4 Å². The first kappa shape index (κ1) is 16.5. The third-order valence-corrected chi connectivity index (χ3v) is 4.38. The molecule has 0 aromatic heterocycles. The van der Waals surface area contributed by atoms with Crippen molar-refractivity contribution in [2.45, 2.75) is 53.5 Å². The Kier molecular flexibility index (Phi) is 5.84. The van der Waals surface area contributed by atoms with E-state index in [0.717, 1.165) is 23.4 Å². The van der Waals surface area contributed by atoms with Crippen molar-refractivity contribution in [1.29, 1.82) is 0 Å². The normalized spacial score (nSPS) is 15.3. The average Bonchev–Trinajstić information content (AvgIpc) is 2.30. The van der Waals surface area contributed by atoms with Gasteiger partial charge in [-0.1, -0.05) is 51.4 Å². The van der Waals surface area contributed by atoms with Gasteiger partial charge in [0, 0.05) is 11.1 Å². The maximum absolute atomic E-state index is 6.29. The quantitative estimate of drug-likeness (QED) is 0.630. The summed E-state index contributed by atoms with van der Waals surface area (Å²) in [7, 11) is 0. The third kappa shape index (κ3) is 5.13. The molecule has 0 spiro atoms. The first-order chi connectivity index (χ1) is 8.74. The van der Waals surface area contributed by atoms with Crippen LogP contribution in [0.5, 0.6) is 0 Å². The minimum Gasteiger partial charge on any atom is -0.271 e. The van der Waals surface area contributed by atoms with E-state index >= 15 is 0 Å². The Morgan fingerprint density at radius 1 is 1.32 bits per heavy atom. The van der Waals surface area contributed by atoms with E-state index in [0.29, 0.717) is 11.3 Å². The summed E-state index contributed by atoms with van der Waals surface area (Å²) in [6, 6.07) is 6.47. The maximum atomic E-state index is 6.29. The molecule has 19 heavy (non-hydrogen) atoms. The fraction of sp³-hybridized carbons (Fsp3) is 0.625. The summed E-state index contributed by atoms with van der Waals surface area (Å²) in [6.07, 6.45) is 1.92. The molecule has 0 heterocycles. The summed E-state index contributed by atoms with van der Waals surface area (Å²) < 4.78 is 0. The molecule has 3 N–H and O–H groups in total. The minimum atomic E-state index is 0.259. The van der Waals surface area contributed by atoms with Crippen LogP contribution in [0.1, 0.15) is 45.2 Å². The topological polar surface area (TPSA) is 38.0 Å². The first-order valence-electron chi connectivity index (χ1n) is 6.95. The van der Waals surface area contributed by atoms with Crippen LogP contribution in [0.25, 0.3) is 0 Å². The van der Waals surface area contributed by atoms with Crippen molar-refractivity contribution in [3.63, 3.8) is 0 Å². The molecule has 0 saturated heterocycles. The molecule has 2 atom stereocenters. The highest BCUT2D eigenvalue weighted by Gasteiger charge is 2.23. The van der Waals surface area contributed by atoms with Crippen molar-refractivity contribution in [1.82, 2.24) is 5.43 Å². The minimum absolute atomic E-state index is 0.259. The van der Waals surface area contributed by atoms with Gasteiger partial charge in [-0.15, -0.1) is 0 Å². The Balaban J connectivity index is 2.72. The van der Waals surface area contributed by atoms with E-state index in [2.05, 4.69) is 52.2 Å². The van der Waals surface area contributed by atoms with Gasteiger partial charge in [-0.05, 0) is 48.3 Å². The first-order valence-corrected chi connectivity index (χ1v) is 7.33. The molecule has 0 aliphatic heterocycles. The van der Waals surface area contributed by atoms with E-state index < -0.39 is 0 Å². The molecule has 0 aliphatic carbocycles. The molecule has 2 unspecified atom stereocenters. The van der Waals surface area contributed by atoms with Gasteiger partial charge < -0.3 is 0 Å². The third-order valence-electron chi connectivity index (χ3n) is 4.03. The van der Waals surface area contributed by atoms with Crippen molar-refractivity contribution in [3.05, 3.63) is 34.3 Å². The molecule has 1 aromatic rings. The standard InChI is InChI=1S/C16H27ClN2/c1-11-6-7-13(15(17)8-11)10-14(19-18)9-12(2)16(3,4)5/h6-8,12,14,19H,9-10,18H2,1-5H3. The van der Waals surface area contributed by atoms with Gasteiger partial charge in [-0.25, -0.2) is 0 Å². The molecule has 0 saturated carbocycles. The maximum Gasteiger partial charge on any atom is 0.0441 e. The van der Waals surface area contributed by atoms with Gasteiger partial charge in [0.2, 0.25) is 0 Å². The van der Waals surface area contributed by atoms with Crippen LogP contribution in [-0.2, 0) is 6.42 Å². The molecular formula is C16H27ClN2. The van der Waals surface area contributed by atoms with E-state index in [1.165, 1.54) is 5.56 Å². The summed E-state index contributed by atoms with van der Waals surface area (Å²) in [5.41, 5.74) is 5.59. The highest BCUT2D eigenvalue weighted by atomic mass is 35.5. The lowest BCUT2D eigenvalue weighted by molar-refractivity contribution is 0.222. The van der Waals surface area contributed by atoms with E-state index in [1.807, 2.05) is 6.07 Å². The molecule has 2 nitrogen and oxygen atoms in total. The predicted octanol–water partition coefficient (Wildman–Crippen LogP) is 4.10. The van der Waals surface area contributed by atoms with Crippen LogP contribution in [0.2, 0.25) is 5.02 Å². The Labute approximate surface area is 122 Å². The van der Waals surface area contributed by atoms with Gasteiger partial charge in [-0.2, -0.15) is 0 Å². The number of rotatable bonds is 5. The number of halogens is 1. The van der Waals surface area contributed by atoms with Gasteiger partial charge in [0.05, 0.1) is 0 Å². The van der Waals surface area contributed by atoms with Crippen LogP contribution in [-0.4, -0.2) is 6.04 Å². The van der Waals surface area contributed by atoms with Gasteiger partial charge in [-0.3, -0.25) is 11.3 Å². The Morgan fingerprint density at radius 3 is 2.42 bits per heavy atom. The summed E-state index contributed by atoms with van der Waals surface area (Å²) in [4.78, 5) is 0. The molecule has 108 valence electrons. The smallest absolute Gasteiger partial charge is 0.0441 e. The number of benzene rings is 1. The van der Waals surface area contributed by atoms with Crippen LogP contribution in [0.4, 0.5) is 0 Å². The van der Waals surface area contributed by atoms with E-state index in [-0.39, 0.29) is 6.04 Å². The van der Waals surface area contributed by atoms with Crippen LogP contribution in [0.3, 0.4) is 0 Å². The van der Waals surface area contributed by atoms with Crippen LogP contribution in [0.15, 0.2) is 18.2 Å². The van der Waals surface area contributed by atoms with E-state index in [1.54, 1.807) is 0 Å². The zero-order chi connectivity index (χ0) is 14.6. The van der Waals surface area contributed by atoms with Gasteiger partial charge in [0.15, 0.2) is 0 Å². The number of hydrogen-bond donors (Lipinski definition) is 2. The Bertz CT molecular complexity index is 410. The largest absolute Gasteiger partial charge is 0.271 e. The van der Waals surface area contributed by atoms with Crippen LogP contribution >= 0.6 is 11.6 Å². The molecule has 0 fully saturated rings. The molecular weight excluding hydrogens is 256 g/mol. The summed E-state index contributed by atoms with van der Waals surface area (Å²) >= 11 is 6.29. The summed E-state index contributed by atoms with van der Waals surface area (Å²) in [5.74, 6) is 6.29. The second-order valence-electron chi connectivity index (χ2n) is 6.67. The number of nitrogens with one attached hydrogen (secondary N) is 1. The Morgan fingerprint density at radius 2 is 1.95 bits per heavy atom. The molecule has 1 aromatic carbocycles. The molecule has 0 aliphatic rings. The zero-order valence-corrected chi connectivity index (χ0v) is 13.5. The highest BCUT2D eigenvalue weighted by molar-refractivity contribution is 6.31. The molecule has 0 radical (unpaired) electrons. The van der Waals surface area contributed by atoms with Crippen LogP contribution in [0, 0.1) is 18.3 Å². The van der Waals surface area contributed by atoms with Crippen molar-refractivity contribution >= 4 is 11.6 Å². The second-order valence-corrected chi connectivity index (χ2v) is 7.07. The van der Waals surface area contributed by atoms with E-state index in [9.17, 15) is 0 Å². The van der Waals surface area contributed by atoms with Crippen molar-refractivity contribution < 1.29 is 0 Å². The SMILES string of the molecule is Cc1ccc(CC(CC(C)C(C)(C)C)NN)c(Cl)c1. The molecule has 0 amide bonds. The van der Waals surface area contributed by atoms with Crippen molar-refractivity contribution in [3.8, 4) is 0 Å². The summed E-state index contributed by atoms with van der Waals surface area (Å²) in [6.45, 7) is 11.1. The number of hydrazine groups is 1. The zero-order valence-electron chi connectivity index (χ0n) is 12.8. The number of hydrogen-bond acceptors (Lipinski definition) is 2. The second kappa shape index (κ2) is 6.74. The number of aryl methyl sites for hydroxylation is 1. The molecule has 1 rings (SSSR count). The lowest BCUT2D eigenvalue weighted by Crippen LogP contribution is -2.39. The fourth-order valence-corrected chi connectivity index (χ4v) is 2.39. The Hall–Kier alpha value is -0.570.